The van der Waals surface area contributed by atoms with Gasteiger partial charge in [-0.05, 0) is 43.2 Å². The molecule has 9 heteroatoms. The molecule has 2 N–H and O–H groups in total. The van der Waals surface area contributed by atoms with E-state index in [2.05, 4.69) is 21.1 Å². The summed E-state index contributed by atoms with van der Waals surface area (Å²) in [6.45, 7) is 3.57. The van der Waals surface area contributed by atoms with Crippen molar-refractivity contribution in [3.63, 3.8) is 0 Å². The summed E-state index contributed by atoms with van der Waals surface area (Å²) >= 11 is 0. The lowest BCUT2D eigenvalue weighted by Crippen LogP contribution is -2.18. The number of aryl methyl sites for hydroxylation is 2. The average Bonchev–Trinajstić information content (AvgIpc) is 2.66. The predicted octanol–water partition coefficient (Wildman–Crippen LogP) is 3.01. The highest BCUT2D eigenvalue weighted by molar-refractivity contribution is 7.92. The van der Waals surface area contributed by atoms with Crippen molar-refractivity contribution in [1.29, 1.82) is 5.26 Å². The van der Waals surface area contributed by atoms with Crippen LogP contribution >= 0.6 is 0 Å². The summed E-state index contributed by atoms with van der Waals surface area (Å²) in [4.78, 5) is 16.8. The lowest BCUT2D eigenvalue weighted by atomic mass is 10.1. The fourth-order valence-electron chi connectivity index (χ4n) is 3.08. The second-order valence-electron chi connectivity index (χ2n) is 6.68. The SMILES string of the molecule is CCCS(=O)(=O)Nc1cccc(Nc2ccc3ncn(C)c(=O)c3c2C)c1C#N. The van der Waals surface area contributed by atoms with Gasteiger partial charge in [-0.1, -0.05) is 13.0 Å². The largest absolute Gasteiger partial charge is 0.354 e. The summed E-state index contributed by atoms with van der Waals surface area (Å²) in [5.74, 6) is -0.0321. The van der Waals surface area contributed by atoms with Gasteiger partial charge in [-0.15, -0.1) is 0 Å². The van der Waals surface area contributed by atoms with E-state index in [1.54, 1.807) is 51.2 Å². The van der Waals surface area contributed by atoms with E-state index < -0.39 is 10.0 Å². The first-order valence-corrected chi connectivity index (χ1v) is 10.7. The Balaban J connectivity index is 2.07. The molecule has 0 aliphatic rings. The van der Waals surface area contributed by atoms with Crippen LogP contribution in [0.2, 0.25) is 0 Å². The first-order chi connectivity index (χ1) is 13.8. The van der Waals surface area contributed by atoms with E-state index in [1.807, 2.05) is 0 Å². The van der Waals surface area contributed by atoms with Crippen LogP contribution in [0, 0.1) is 18.3 Å². The van der Waals surface area contributed by atoms with Crippen molar-refractivity contribution >= 4 is 38.0 Å². The van der Waals surface area contributed by atoms with Crippen molar-refractivity contribution in [3.8, 4) is 6.07 Å². The van der Waals surface area contributed by atoms with Crippen LogP contribution < -0.4 is 15.6 Å². The fourth-order valence-corrected chi connectivity index (χ4v) is 4.23. The molecule has 1 aromatic heterocycles. The van der Waals surface area contributed by atoms with Crippen LogP contribution in [0.3, 0.4) is 0 Å². The van der Waals surface area contributed by atoms with Crippen LogP contribution in [0.5, 0.6) is 0 Å². The molecule has 0 saturated carbocycles. The van der Waals surface area contributed by atoms with Crippen LogP contribution in [0.25, 0.3) is 10.9 Å². The molecule has 0 bridgehead atoms. The Hall–Kier alpha value is -3.38. The van der Waals surface area contributed by atoms with Gasteiger partial charge in [0.05, 0.1) is 39.9 Å². The molecule has 2 aromatic carbocycles. The molecule has 0 aliphatic carbocycles. The topological polar surface area (TPSA) is 117 Å². The van der Waals surface area contributed by atoms with Gasteiger partial charge < -0.3 is 9.88 Å². The van der Waals surface area contributed by atoms with Crippen LogP contribution in [-0.4, -0.2) is 23.7 Å². The first kappa shape index (κ1) is 20.4. The highest BCUT2D eigenvalue weighted by Crippen LogP contribution is 2.30. The molecule has 0 aliphatic heterocycles. The zero-order chi connectivity index (χ0) is 21.2. The molecular weight excluding hydrogens is 390 g/mol. The number of nitriles is 1. The molecule has 29 heavy (non-hydrogen) atoms. The van der Waals surface area contributed by atoms with Gasteiger partial charge in [0.1, 0.15) is 6.07 Å². The van der Waals surface area contributed by atoms with Gasteiger partial charge in [0.15, 0.2) is 0 Å². The number of aromatic nitrogens is 2. The summed E-state index contributed by atoms with van der Waals surface area (Å²) < 4.78 is 28.1. The van der Waals surface area contributed by atoms with E-state index in [0.29, 0.717) is 34.3 Å². The first-order valence-electron chi connectivity index (χ1n) is 9.03. The zero-order valence-corrected chi connectivity index (χ0v) is 17.2. The second-order valence-corrected chi connectivity index (χ2v) is 8.52. The standard InChI is InChI=1S/C20H21N5O3S/c1-4-10-29(27,28)24-17-7-5-6-16(14(17)11-21)23-15-8-9-18-19(13(15)2)20(26)25(3)12-22-18/h5-9,12,23-24H,4,10H2,1-3H3. The van der Waals surface area contributed by atoms with Crippen LogP contribution in [-0.2, 0) is 17.1 Å². The monoisotopic (exact) mass is 411 g/mol. The van der Waals surface area contributed by atoms with Gasteiger partial charge in [0.2, 0.25) is 10.0 Å². The predicted molar refractivity (Wildman–Crippen MR) is 114 cm³/mol. The number of nitrogens with one attached hydrogen (secondary N) is 2. The number of hydrogen-bond acceptors (Lipinski definition) is 6. The molecule has 150 valence electrons. The molecule has 3 rings (SSSR count). The minimum Gasteiger partial charge on any atom is -0.354 e. The lowest BCUT2D eigenvalue weighted by Gasteiger charge is -2.15. The van der Waals surface area contributed by atoms with E-state index in [1.165, 1.54) is 10.9 Å². The zero-order valence-electron chi connectivity index (χ0n) is 16.4. The molecule has 0 fully saturated rings. The second kappa shape index (κ2) is 7.93. The normalized spacial score (nSPS) is 11.2. The fraction of sp³-hybridized carbons (Fsp3) is 0.250. The maximum Gasteiger partial charge on any atom is 0.261 e. The molecule has 0 spiro atoms. The van der Waals surface area contributed by atoms with Crippen molar-refractivity contribution in [2.75, 3.05) is 15.8 Å². The maximum atomic E-state index is 12.5. The molecule has 0 saturated heterocycles. The molecule has 0 radical (unpaired) electrons. The summed E-state index contributed by atoms with van der Waals surface area (Å²) in [6, 6.07) is 10.4. The minimum absolute atomic E-state index is 0.0321. The number of rotatable bonds is 6. The molecule has 8 nitrogen and oxygen atoms in total. The van der Waals surface area contributed by atoms with Gasteiger partial charge in [0.25, 0.3) is 5.56 Å². The quantitative estimate of drug-likeness (QED) is 0.644. The van der Waals surface area contributed by atoms with Gasteiger partial charge in [-0.3, -0.25) is 9.52 Å². The number of sulfonamides is 1. The molecule has 1 heterocycles. The summed E-state index contributed by atoms with van der Waals surface area (Å²) in [7, 11) is -1.90. The molecule has 0 unspecified atom stereocenters. The van der Waals surface area contributed by atoms with Gasteiger partial charge in [-0.2, -0.15) is 5.26 Å². The number of fused-ring (bicyclic) bond motifs is 1. The van der Waals surface area contributed by atoms with E-state index in [4.69, 9.17) is 0 Å². The molecule has 3 aromatic rings. The van der Waals surface area contributed by atoms with Gasteiger partial charge >= 0.3 is 0 Å². The van der Waals surface area contributed by atoms with E-state index in [-0.39, 0.29) is 22.6 Å². The van der Waals surface area contributed by atoms with E-state index >= 15 is 0 Å². The molecule has 0 atom stereocenters. The van der Waals surface area contributed by atoms with Crippen molar-refractivity contribution in [2.24, 2.45) is 7.05 Å². The Kier molecular flexibility index (Phi) is 5.57. The minimum atomic E-state index is -3.54. The lowest BCUT2D eigenvalue weighted by molar-refractivity contribution is 0.600. The molecular formula is C20H21N5O3S. The third-order valence-electron chi connectivity index (χ3n) is 4.53. The third kappa shape index (κ3) is 4.07. The Labute approximate surface area is 168 Å². The van der Waals surface area contributed by atoms with E-state index in [9.17, 15) is 18.5 Å². The Morgan fingerprint density at radius 3 is 2.59 bits per heavy atom. The van der Waals surface area contributed by atoms with Crippen molar-refractivity contribution in [2.45, 2.75) is 20.3 Å². The highest BCUT2D eigenvalue weighted by Gasteiger charge is 2.16. The average molecular weight is 411 g/mol. The Bertz CT molecular complexity index is 1290. The van der Waals surface area contributed by atoms with Crippen molar-refractivity contribution in [1.82, 2.24) is 9.55 Å². The number of hydrogen-bond donors (Lipinski definition) is 2. The van der Waals surface area contributed by atoms with Gasteiger partial charge in [-0.25, -0.2) is 13.4 Å². The Morgan fingerprint density at radius 1 is 1.17 bits per heavy atom. The summed E-state index contributed by atoms with van der Waals surface area (Å²) in [6.07, 6.45) is 1.94. The smallest absolute Gasteiger partial charge is 0.261 e. The summed E-state index contributed by atoms with van der Waals surface area (Å²) in [5.41, 5.74) is 2.56. The number of anilines is 3. The van der Waals surface area contributed by atoms with Crippen molar-refractivity contribution in [3.05, 3.63) is 58.1 Å². The summed E-state index contributed by atoms with van der Waals surface area (Å²) in [5, 5.41) is 13.3. The highest BCUT2D eigenvalue weighted by atomic mass is 32.2. The molecule has 0 amide bonds. The van der Waals surface area contributed by atoms with Crippen molar-refractivity contribution < 1.29 is 8.42 Å². The third-order valence-corrected chi connectivity index (χ3v) is 6.01. The van der Waals surface area contributed by atoms with Crippen LogP contribution in [0.4, 0.5) is 17.1 Å². The Morgan fingerprint density at radius 2 is 1.90 bits per heavy atom. The maximum absolute atomic E-state index is 12.5. The van der Waals surface area contributed by atoms with Gasteiger partial charge in [0, 0.05) is 12.7 Å². The van der Waals surface area contributed by atoms with Crippen LogP contribution in [0.15, 0.2) is 41.5 Å². The number of nitrogens with zero attached hydrogens (tertiary/aromatic N) is 3. The van der Waals surface area contributed by atoms with E-state index in [0.717, 1.165) is 0 Å². The number of benzene rings is 2. The van der Waals surface area contributed by atoms with Crippen LogP contribution in [0.1, 0.15) is 24.5 Å².